The molecule has 100 valence electrons. The zero-order chi connectivity index (χ0) is 13.3. The summed E-state index contributed by atoms with van der Waals surface area (Å²) in [5.41, 5.74) is 6.42. The number of nitrogens with two attached hydrogens (primary N) is 1. The third-order valence-electron chi connectivity index (χ3n) is 3.95. The van der Waals surface area contributed by atoms with Gasteiger partial charge in [-0.3, -0.25) is 4.90 Å². The molecule has 1 aromatic carbocycles. The van der Waals surface area contributed by atoms with Crippen LogP contribution in [0.15, 0.2) is 18.2 Å². The van der Waals surface area contributed by atoms with Crippen molar-refractivity contribution in [3.8, 4) is 0 Å². The maximum atomic E-state index is 13.3. The van der Waals surface area contributed by atoms with Gasteiger partial charge in [-0.25, -0.2) is 8.78 Å². The molecule has 0 bridgehead atoms. The molecule has 1 aliphatic heterocycles. The molecular formula is C14H20F2N2. The van der Waals surface area contributed by atoms with Gasteiger partial charge in [-0.1, -0.05) is 13.8 Å². The highest BCUT2D eigenvalue weighted by molar-refractivity contribution is 5.22. The molecule has 1 saturated heterocycles. The van der Waals surface area contributed by atoms with Gasteiger partial charge in [0.1, 0.15) is 11.6 Å². The van der Waals surface area contributed by atoms with Crippen LogP contribution in [0.3, 0.4) is 0 Å². The van der Waals surface area contributed by atoms with E-state index in [9.17, 15) is 8.78 Å². The molecule has 0 aliphatic carbocycles. The first kappa shape index (κ1) is 13.4. The van der Waals surface area contributed by atoms with Crippen LogP contribution in [-0.2, 0) is 0 Å². The first-order valence-corrected chi connectivity index (χ1v) is 6.41. The molecule has 0 aromatic heterocycles. The van der Waals surface area contributed by atoms with E-state index >= 15 is 0 Å². The van der Waals surface area contributed by atoms with Crippen LogP contribution < -0.4 is 5.73 Å². The Hall–Kier alpha value is -1.00. The van der Waals surface area contributed by atoms with Crippen LogP contribution in [-0.4, -0.2) is 24.5 Å². The SMILES string of the molecule is CC1CN(C(CN)c2cc(F)cc(F)c2)CC1C. The molecule has 2 rings (SSSR count). The summed E-state index contributed by atoms with van der Waals surface area (Å²) >= 11 is 0. The van der Waals surface area contributed by atoms with E-state index in [2.05, 4.69) is 18.7 Å². The summed E-state index contributed by atoms with van der Waals surface area (Å²) in [4.78, 5) is 2.23. The fourth-order valence-electron chi connectivity index (χ4n) is 2.69. The normalized spacial score (nSPS) is 26.5. The summed E-state index contributed by atoms with van der Waals surface area (Å²) in [7, 11) is 0. The van der Waals surface area contributed by atoms with Crippen molar-refractivity contribution >= 4 is 0 Å². The Balaban J connectivity index is 2.23. The van der Waals surface area contributed by atoms with Gasteiger partial charge < -0.3 is 5.73 Å². The van der Waals surface area contributed by atoms with E-state index in [-0.39, 0.29) is 6.04 Å². The molecule has 0 saturated carbocycles. The average molecular weight is 254 g/mol. The van der Waals surface area contributed by atoms with Gasteiger partial charge in [0.05, 0.1) is 0 Å². The average Bonchev–Trinajstić information content (AvgIpc) is 2.58. The molecule has 1 fully saturated rings. The zero-order valence-electron chi connectivity index (χ0n) is 10.9. The largest absolute Gasteiger partial charge is 0.329 e. The van der Waals surface area contributed by atoms with Gasteiger partial charge in [-0.05, 0) is 29.5 Å². The molecule has 0 amide bonds. The molecule has 1 aliphatic rings. The Morgan fingerprint density at radius 3 is 2.11 bits per heavy atom. The lowest BCUT2D eigenvalue weighted by molar-refractivity contribution is 0.239. The van der Waals surface area contributed by atoms with Gasteiger partial charge in [0, 0.05) is 31.7 Å². The molecular weight excluding hydrogens is 234 g/mol. The van der Waals surface area contributed by atoms with Crippen molar-refractivity contribution in [2.24, 2.45) is 17.6 Å². The van der Waals surface area contributed by atoms with Crippen LogP contribution >= 0.6 is 0 Å². The minimum absolute atomic E-state index is 0.0948. The van der Waals surface area contributed by atoms with Crippen LogP contribution in [0.2, 0.25) is 0 Å². The molecule has 2 nitrogen and oxygen atoms in total. The molecule has 1 heterocycles. The lowest BCUT2D eigenvalue weighted by Gasteiger charge is -2.27. The van der Waals surface area contributed by atoms with Crippen molar-refractivity contribution in [3.63, 3.8) is 0 Å². The predicted molar refractivity (Wildman–Crippen MR) is 68.1 cm³/mol. The fourth-order valence-corrected chi connectivity index (χ4v) is 2.69. The Labute approximate surface area is 107 Å². The van der Waals surface area contributed by atoms with Gasteiger partial charge in [0.15, 0.2) is 0 Å². The van der Waals surface area contributed by atoms with Crippen LogP contribution in [0.1, 0.15) is 25.5 Å². The summed E-state index contributed by atoms with van der Waals surface area (Å²) in [6, 6.07) is 3.57. The molecule has 4 heteroatoms. The second-order valence-corrected chi connectivity index (χ2v) is 5.36. The fraction of sp³-hybridized carbons (Fsp3) is 0.571. The number of rotatable bonds is 3. The summed E-state index contributed by atoms with van der Waals surface area (Å²) in [6.07, 6.45) is 0. The summed E-state index contributed by atoms with van der Waals surface area (Å²) in [5.74, 6) is 0.113. The van der Waals surface area contributed by atoms with Crippen molar-refractivity contribution in [2.75, 3.05) is 19.6 Å². The van der Waals surface area contributed by atoms with Gasteiger partial charge in [-0.15, -0.1) is 0 Å². The van der Waals surface area contributed by atoms with Crippen molar-refractivity contribution in [3.05, 3.63) is 35.4 Å². The third-order valence-corrected chi connectivity index (χ3v) is 3.95. The number of nitrogens with zero attached hydrogens (tertiary/aromatic N) is 1. The highest BCUT2D eigenvalue weighted by Crippen LogP contribution is 2.30. The van der Waals surface area contributed by atoms with Gasteiger partial charge in [0.25, 0.3) is 0 Å². The lowest BCUT2D eigenvalue weighted by atomic mass is 10.0. The smallest absolute Gasteiger partial charge is 0.126 e. The van der Waals surface area contributed by atoms with Crippen LogP contribution in [0, 0.1) is 23.5 Å². The summed E-state index contributed by atoms with van der Waals surface area (Å²) in [6.45, 7) is 6.64. The van der Waals surface area contributed by atoms with Crippen LogP contribution in [0.25, 0.3) is 0 Å². The van der Waals surface area contributed by atoms with Gasteiger partial charge in [-0.2, -0.15) is 0 Å². The maximum Gasteiger partial charge on any atom is 0.126 e. The predicted octanol–water partition coefficient (Wildman–Crippen LogP) is 2.55. The van der Waals surface area contributed by atoms with Gasteiger partial charge in [0.2, 0.25) is 0 Å². The van der Waals surface area contributed by atoms with E-state index in [1.165, 1.54) is 12.1 Å². The molecule has 3 unspecified atom stereocenters. The van der Waals surface area contributed by atoms with E-state index < -0.39 is 11.6 Å². The van der Waals surface area contributed by atoms with Crippen LogP contribution in [0.5, 0.6) is 0 Å². The van der Waals surface area contributed by atoms with Crippen molar-refractivity contribution < 1.29 is 8.78 Å². The Morgan fingerprint density at radius 2 is 1.67 bits per heavy atom. The zero-order valence-corrected chi connectivity index (χ0v) is 10.9. The molecule has 3 atom stereocenters. The Kier molecular flexibility index (Phi) is 3.97. The quantitative estimate of drug-likeness (QED) is 0.898. The lowest BCUT2D eigenvalue weighted by Crippen LogP contribution is -2.32. The van der Waals surface area contributed by atoms with E-state index in [1.54, 1.807) is 0 Å². The van der Waals surface area contributed by atoms with E-state index in [4.69, 9.17) is 5.73 Å². The number of benzene rings is 1. The monoisotopic (exact) mass is 254 g/mol. The standard InChI is InChI=1S/C14H20F2N2/c1-9-7-18(8-10(9)2)14(6-17)11-3-12(15)5-13(16)4-11/h3-5,9-10,14H,6-8,17H2,1-2H3. The topological polar surface area (TPSA) is 29.3 Å². The van der Waals surface area contributed by atoms with Crippen molar-refractivity contribution in [1.29, 1.82) is 0 Å². The van der Waals surface area contributed by atoms with Gasteiger partial charge >= 0.3 is 0 Å². The number of halogens is 2. The summed E-state index contributed by atoms with van der Waals surface area (Å²) < 4.78 is 26.5. The highest BCUT2D eigenvalue weighted by atomic mass is 19.1. The maximum absolute atomic E-state index is 13.3. The molecule has 18 heavy (non-hydrogen) atoms. The Bertz CT molecular complexity index is 392. The second kappa shape index (κ2) is 5.33. The minimum atomic E-state index is -0.538. The molecule has 2 N–H and O–H groups in total. The molecule has 0 radical (unpaired) electrons. The van der Waals surface area contributed by atoms with E-state index in [1.807, 2.05) is 0 Å². The highest BCUT2D eigenvalue weighted by Gasteiger charge is 2.31. The first-order chi connectivity index (χ1) is 8.51. The third kappa shape index (κ3) is 2.70. The van der Waals surface area contributed by atoms with E-state index in [0.717, 1.165) is 19.2 Å². The minimum Gasteiger partial charge on any atom is -0.329 e. The Morgan fingerprint density at radius 1 is 1.17 bits per heavy atom. The summed E-state index contributed by atoms with van der Waals surface area (Å²) in [5, 5.41) is 0. The second-order valence-electron chi connectivity index (χ2n) is 5.36. The number of hydrogen-bond acceptors (Lipinski definition) is 2. The van der Waals surface area contributed by atoms with Crippen molar-refractivity contribution in [1.82, 2.24) is 4.90 Å². The molecule has 0 spiro atoms. The van der Waals surface area contributed by atoms with Crippen LogP contribution in [0.4, 0.5) is 8.78 Å². The number of hydrogen-bond donors (Lipinski definition) is 1. The van der Waals surface area contributed by atoms with E-state index in [0.29, 0.717) is 23.9 Å². The number of likely N-dealkylation sites (tertiary alicyclic amines) is 1. The molecule has 1 aromatic rings. The first-order valence-electron chi connectivity index (χ1n) is 6.41. The van der Waals surface area contributed by atoms with Crippen molar-refractivity contribution in [2.45, 2.75) is 19.9 Å².